The number of benzene rings is 2. The number of phenols is 1. The highest BCUT2D eigenvalue weighted by Crippen LogP contribution is 2.34. The first-order valence-corrected chi connectivity index (χ1v) is 11.8. The number of nitrogens with one attached hydrogen (secondary N) is 1. The van der Waals surface area contributed by atoms with Crippen molar-refractivity contribution < 1.29 is 14.6 Å². The van der Waals surface area contributed by atoms with Gasteiger partial charge in [-0.3, -0.25) is 9.79 Å². The van der Waals surface area contributed by atoms with Crippen molar-refractivity contribution in [1.29, 1.82) is 0 Å². The Morgan fingerprint density at radius 1 is 1.32 bits per heavy atom. The zero-order valence-electron chi connectivity index (χ0n) is 16.6. The number of methoxy groups -OCH3 is 1. The molecule has 2 N–H and O–H groups in total. The second-order valence-electron chi connectivity index (χ2n) is 6.40. The third kappa shape index (κ3) is 5.22. The number of aromatic nitrogens is 2. The van der Waals surface area contributed by atoms with E-state index in [-0.39, 0.29) is 16.9 Å². The van der Waals surface area contributed by atoms with E-state index in [1.807, 2.05) is 30.5 Å². The normalized spacial score (nSPS) is 12.3. The van der Waals surface area contributed by atoms with Gasteiger partial charge in [0.25, 0.3) is 0 Å². The fourth-order valence-electron chi connectivity index (χ4n) is 2.63. The minimum atomic E-state index is -0.307. The smallest absolute Gasteiger partial charge is 0.239 e. The molecule has 0 fully saturated rings. The molecule has 0 spiro atoms. The highest BCUT2D eigenvalue weighted by atomic mass is 32.2. The second kappa shape index (κ2) is 9.46. The third-order valence-electron chi connectivity index (χ3n) is 4.25. The molecule has 4 rings (SSSR count). The molecule has 0 saturated heterocycles. The molecule has 2 aromatic carbocycles. The van der Waals surface area contributed by atoms with Crippen molar-refractivity contribution in [2.75, 3.05) is 12.4 Å². The molecule has 31 heavy (non-hydrogen) atoms. The first-order valence-electron chi connectivity index (χ1n) is 9.20. The van der Waals surface area contributed by atoms with Crippen LogP contribution in [0.4, 0.5) is 10.8 Å². The monoisotopic (exact) mass is 470 g/mol. The zero-order valence-corrected chi connectivity index (χ0v) is 19.1. The summed E-state index contributed by atoms with van der Waals surface area (Å²) in [5.74, 6) is 0.668. The number of hydrogen-bond donors (Lipinski definition) is 2. The summed E-state index contributed by atoms with van der Waals surface area (Å²) in [5.41, 5.74) is 2.16. The van der Waals surface area contributed by atoms with Crippen LogP contribution in [0.2, 0.25) is 0 Å². The Balaban J connectivity index is 1.47. The van der Waals surface area contributed by atoms with E-state index in [0.29, 0.717) is 16.4 Å². The number of phenolic OH excluding ortho intramolecular Hbond substituents is 1. The molecule has 0 aliphatic heterocycles. The number of rotatable bonds is 7. The highest BCUT2D eigenvalue weighted by Gasteiger charge is 2.18. The number of anilines is 1. The largest absolute Gasteiger partial charge is 0.507 e. The molecule has 4 aromatic rings. The van der Waals surface area contributed by atoms with Gasteiger partial charge in [0.2, 0.25) is 5.91 Å². The second-order valence-corrected chi connectivity index (χ2v) is 9.91. The number of hydrogen-bond acceptors (Lipinski definition) is 9. The van der Waals surface area contributed by atoms with Crippen LogP contribution < -0.4 is 10.1 Å². The van der Waals surface area contributed by atoms with Crippen molar-refractivity contribution in [3.8, 4) is 11.5 Å². The lowest BCUT2D eigenvalue weighted by atomic mass is 10.2. The molecular formula is C21H18N4O3S3. The maximum atomic E-state index is 12.3. The number of aliphatic imine (C=N–C) groups is 1. The minimum absolute atomic E-state index is 0.109. The summed E-state index contributed by atoms with van der Waals surface area (Å²) >= 11 is 4.30. The molecule has 0 bridgehead atoms. The summed E-state index contributed by atoms with van der Waals surface area (Å²) in [4.78, 5) is 25.5. The fourth-order valence-corrected chi connectivity index (χ4v) is 5.40. The summed E-state index contributed by atoms with van der Waals surface area (Å²) in [5, 5.41) is 14.9. The van der Waals surface area contributed by atoms with Crippen LogP contribution in [0.3, 0.4) is 0 Å². The van der Waals surface area contributed by atoms with Crippen LogP contribution in [-0.2, 0) is 4.79 Å². The molecule has 1 amide bonds. The van der Waals surface area contributed by atoms with E-state index >= 15 is 0 Å². The van der Waals surface area contributed by atoms with Gasteiger partial charge in [0, 0.05) is 23.4 Å². The maximum absolute atomic E-state index is 12.3. The standard InChI is InChI=1S/C21H18N4O3S3/c1-12(19(27)25-20-22-7-8-29-20)30-21-24-16-5-3-14(10-18(16)31-21)23-11-13-9-15(28-2)4-6-17(13)26/h3-12,26H,1-2H3,(H,22,25,27). The predicted octanol–water partition coefficient (Wildman–Crippen LogP) is 5.34. The Hall–Kier alpha value is -2.95. The first kappa shape index (κ1) is 21.3. The predicted molar refractivity (Wildman–Crippen MR) is 128 cm³/mol. The Bertz CT molecular complexity index is 1240. The van der Waals surface area contributed by atoms with Gasteiger partial charge in [-0.05, 0) is 43.3 Å². The highest BCUT2D eigenvalue weighted by molar-refractivity contribution is 8.02. The Labute approximate surface area is 190 Å². The van der Waals surface area contributed by atoms with Gasteiger partial charge < -0.3 is 15.2 Å². The molecule has 7 nitrogen and oxygen atoms in total. The molecule has 10 heteroatoms. The molecule has 1 unspecified atom stereocenters. The van der Waals surface area contributed by atoms with Gasteiger partial charge in [-0.1, -0.05) is 11.8 Å². The molecule has 0 aliphatic carbocycles. The average molecular weight is 471 g/mol. The van der Waals surface area contributed by atoms with E-state index < -0.39 is 0 Å². The quantitative estimate of drug-likeness (QED) is 0.280. The fraction of sp³-hybridized carbons (Fsp3) is 0.143. The van der Waals surface area contributed by atoms with Crippen LogP contribution in [0, 0.1) is 0 Å². The summed E-state index contributed by atoms with van der Waals surface area (Å²) in [6.07, 6.45) is 3.25. The van der Waals surface area contributed by atoms with Crippen molar-refractivity contribution in [3.63, 3.8) is 0 Å². The lowest BCUT2D eigenvalue weighted by Gasteiger charge is -2.07. The molecule has 0 radical (unpaired) electrons. The minimum Gasteiger partial charge on any atom is -0.507 e. The Morgan fingerprint density at radius 3 is 2.97 bits per heavy atom. The van der Waals surface area contributed by atoms with Gasteiger partial charge >= 0.3 is 0 Å². The van der Waals surface area contributed by atoms with Gasteiger partial charge in [0.1, 0.15) is 11.5 Å². The van der Waals surface area contributed by atoms with Crippen LogP contribution >= 0.6 is 34.4 Å². The summed E-state index contributed by atoms with van der Waals surface area (Å²) < 4.78 is 6.97. The van der Waals surface area contributed by atoms with Crippen molar-refractivity contribution in [2.24, 2.45) is 4.99 Å². The Morgan fingerprint density at radius 2 is 2.19 bits per heavy atom. The van der Waals surface area contributed by atoms with Gasteiger partial charge in [-0.2, -0.15) is 0 Å². The number of nitrogens with zero attached hydrogens (tertiary/aromatic N) is 3. The third-order valence-corrected chi connectivity index (χ3v) is 7.15. The molecule has 2 aromatic heterocycles. The summed E-state index contributed by atoms with van der Waals surface area (Å²) in [6.45, 7) is 1.84. The number of aromatic hydroxyl groups is 1. The number of ether oxygens (including phenoxy) is 1. The first-order chi connectivity index (χ1) is 15.0. The van der Waals surface area contributed by atoms with E-state index in [4.69, 9.17) is 4.74 Å². The zero-order chi connectivity index (χ0) is 21.8. The van der Waals surface area contributed by atoms with E-state index in [1.165, 1.54) is 34.4 Å². The lowest BCUT2D eigenvalue weighted by molar-refractivity contribution is -0.115. The van der Waals surface area contributed by atoms with Crippen molar-refractivity contribution in [3.05, 3.63) is 53.5 Å². The topological polar surface area (TPSA) is 96.7 Å². The number of carbonyl (C=O) groups is 1. The number of fused-ring (bicyclic) bond motifs is 1. The molecule has 158 valence electrons. The SMILES string of the molecule is COc1ccc(O)c(C=Nc2ccc3nc(SC(C)C(=O)Nc4nccs4)sc3c2)c1. The van der Waals surface area contributed by atoms with Crippen LogP contribution in [0.25, 0.3) is 10.2 Å². The molecule has 0 saturated carbocycles. The van der Waals surface area contributed by atoms with E-state index in [9.17, 15) is 9.90 Å². The van der Waals surface area contributed by atoms with Crippen LogP contribution in [0.1, 0.15) is 12.5 Å². The van der Waals surface area contributed by atoms with E-state index in [1.54, 1.807) is 37.7 Å². The van der Waals surface area contributed by atoms with E-state index in [2.05, 4.69) is 20.3 Å². The maximum Gasteiger partial charge on any atom is 0.239 e. The van der Waals surface area contributed by atoms with E-state index in [0.717, 1.165) is 20.2 Å². The summed E-state index contributed by atoms with van der Waals surface area (Å²) in [7, 11) is 1.57. The van der Waals surface area contributed by atoms with Crippen LogP contribution in [0.15, 0.2) is 57.3 Å². The number of carbonyl (C=O) groups excluding carboxylic acids is 1. The molecule has 0 aliphatic rings. The number of thioether (sulfide) groups is 1. The molecular weight excluding hydrogens is 452 g/mol. The van der Waals surface area contributed by atoms with Gasteiger partial charge in [-0.25, -0.2) is 9.97 Å². The molecule has 1 atom stereocenters. The van der Waals surface area contributed by atoms with Gasteiger partial charge in [0.15, 0.2) is 9.47 Å². The van der Waals surface area contributed by atoms with Gasteiger partial charge in [0.05, 0.1) is 28.3 Å². The van der Waals surface area contributed by atoms with Crippen LogP contribution in [-0.4, -0.2) is 39.6 Å². The van der Waals surface area contributed by atoms with Crippen molar-refractivity contribution in [2.45, 2.75) is 16.5 Å². The van der Waals surface area contributed by atoms with Crippen LogP contribution in [0.5, 0.6) is 11.5 Å². The molecule has 2 heterocycles. The summed E-state index contributed by atoms with van der Waals surface area (Å²) in [6, 6.07) is 10.7. The van der Waals surface area contributed by atoms with Crippen molar-refractivity contribution in [1.82, 2.24) is 9.97 Å². The lowest BCUT2D eigenvalue weighted by Crippen LogP contribution is -2.22. The number of amides is 1. The van der Waals surface area contributed by atoms with Gasteiger partial charge in [-0.15, -0.1) is 22.7 Å². The number of thiazole rings is 2. The van der Waals surface area contributed by atoms with Crippen molar-refractivity contribution >= 4 is 67.6 Å². The average Bonchev–Trinajstić information content (AvgIpc) is 3.42. The Kier molecular flexibility index (Phi) is 6.50.